The molecule has 92 valence electrons. The smallest absolute Gasteiger partial charge is 0.326 e. The first kappa shape index (κ1) is 13.7. The number of nitrogens with one attached hydrogen (secondary N) is 1. The lowest BCUT2D eigenvalue weighted by Crippen LogP contribution is -2.39. The molecule has 17 heavy (non-hydrogen) atoms. The molecule has 0 fully saturated rings. The van der Waals surface area contributed by atoms with Crippen molar-refractivity contribution in [2.24, 2.45) is 0 Å². The van der Waals surface area contributed by atoms with Gasteiger partial charge in [-0.25, -0.2) is 4.79 Å². The third-order valence-corrected chi connectivity index (χ3v) is 3.21. The van der Waals surface area contributed by atoms with Crippen molar-refractivity contribution in [2.75, 3.05) is 0 Å². The van der Waals surface area contributed by atoms with Crippen molar-refractivity contribution in [3.05, 3.63) is 27.4 Å². The molecule has 0 radical (unpaired) electrons. The summed E-state index contributed by atoms with van der Waals surface area (Å²) in [5, 5.41) is 11.1. The highest BCUT2D eigenvalue weighted by atomic mass is 35.5. The molecule has 0 saturated heterocycles. The SMILES string of the molecule is CCC(NC(=O)/C=C/c1ccc(Cl)s1)C(=O)O. The van der Waals surface area contributed by atoms with E-state index in [1.807, 2.05) is 0 Å². The molecule has 0 aliphatic carbocycles. The zero-order chi connectivity index (χ0) is 12.8. The second-order valence-corrected chi connectivity index (χ2v) is 5.03. The van der Waals surface area contributed by atoms with Crippen molar-refractivity contribution in [3.8, 4) is 0 Å². The largest absolute Gasteiger partial charge is 0.480 e. The maximum Gasteiger partial charge on any atom is 0.326 e. The van der Waals surface area contributed by atoms with Crippen molar-refractivity contribution in [2.45, 2.75) is 19.4 Å². The summed E-state index contributed by atoms with van der Waals surface area (Å²) < 4.78 is 0.641. The van der Waals surface area contributed by atoms with Crippen LogP contribution in [0.5, 0.6) is 0 Å². The van der Waals surface area contributed by atoms with Crippen LogP contribution < -0.4 is 5.32 Å². The zero-order valence-electron chi connectivity index (χ0n) is 9.14. The Labute approximate surface area is 108 Å². The lowest BCUT2D eigenvalue weighted by molar-refractivity contribution is -0.141. The van der Waals surface area contributed by atoms with Crippen LogP contribution in [0.3, 0.4) is 0 Å². The third-order valence-electron chi connectivity index (χ3n) is 2.02. The number of halogens is 1. The van der Waals surface area contributed by atoms with Gasteiger partial charge in [0.05, 0.1) is 4.34 Å². The molecule has 1 heterocycles. The number of hydrogen-bond acceptors (Lipinski definition) is 3. The summed E-state index contributed by atoms with van der Waals surface area (Å²) in [6.07, 6.45) is 3.24. The summed E-state index contributed by atoms with van der Waals surface area (Å²) in [5.74, 6) is -1.46. The van der Waals surface area contributed by atoms with Crippen LogP contribution in [0.1, 0.15) is 18.2 Å². The van der Waals surface area contributed by atoms with E-state index in [0.29, 0.717) is 10.8 Å². The molecule has 0 aromatic carbocycles. The fourth-order valence-corrected chi connectivity index (χ4v) is 2.10. The van der Waals surface area contributed by atoms with Gasteiger partial charge >= 0.3 is 5.97 Å². The number of carbonyl (C=O) groups is 2. The molecule has 1 aromatic heterocycles. The lowest BCUT2D eigenvalue weighted by atomic mass is 10.2. The molecule has 1 aromatic rings. The number of rotatable bonds is 5. The minimum Gasteiger partial charge on any atom is -0.480 e. The van der Waals surface area contributed by atoms with Crippen LogP contribution in [0.25, 0.3) is 6.08 Å². The van der Waals surface area contributed by atoms with E-state index in [0.717, 1.165) is 4.88 Å². The van der Waals surface area contributed by atoms with Gasteiger partial charge < -0.3 is 10.4 Å². The highest BCUT2D eigenvalue weighted by Crippen LogP contribution is 2.22. The van der Waals surface area contributed by atoms with Crippen LogP contribution in [0.15, 0.2) is 18.2 Å². The van der Waals surface area contributed by atoms with Gasteiger partial charge in [0, 0.05) is 11.0 Å². The van der Waals surface area contributed by atoms with E-state index in [1.54, 1.807) is 25.1 Å². The first-order valence-electron chi connectivity index (χ1n) is 4.99. The maximum absolute atomic E-state index is 11.4. The molecule has 1 amide bonds. The van der Waals surface area contributed by atoms with E-state index in [-0.39, 0.29) is 0 Å². The number of carbonyl (C=O) groups excluding carboxylic acids is 1. The predicted octanol–water partition coefficient (Wildman–Crippen LogP) is 2.39. The highest BCUT2D eigenvalue weighted by Gasteiger charge is 2.15. The van der Waals surface area contributed by atoms with Gasteiger partial charge in [0.25, 0.3) is 0 Å². The van der Waals surface area contributed by atoms with Crippen LogP contribution in [0.2, 0.25) is 4.34 Å². The lowest BCUT2D eigenvalue weighted by Gasteiger charge is -2.09. The Kier molecular flexibility index (Phi) is 5.18. The molecule has 1 rings (SSSR count). The molecular weight excluding hydrogens is 262 g/mol. The Morgan fingerprint density at radius 1 is 1.59 bits per heavy atom. The van der Waals surface area contributed by atoms with E-state index >= 15 is 0 Å². The fourth-order valence-electron chi connectivity index (χ4n) is 1.13. The zero-order valence-corrected chi connectivity index (χ0v) is 10.7. The molecule has 0 bridgehead atoms. The Hall–Kier alpha value is -1.33. The van der Waals surface area contributed by atoms with Crippen molar-refractivity contribution in [3.63, 3.8) is 0 Å². The minimum absolute atomic E-state index is 0.347. The monoisotopic (exact) mass is 273 g/mol. The van der Waals surface area contributed by atoms with E-state index in [1.165, 1.54) is 17.4 Å². The van der Waals surface area contributed by atoms with Crippen LogP contribution in [0, 0.1) is 0 Å². The quantitative estimate of drug-likeness (QED) is 0.810. The molecule has 0 aliphatic rings. The van der Waals surface area contributed by atoms with E-state index in [2.05, 4.69) is 5.32 Å². The molecule has 0 spiro atoms. The number of carboxylic acids is 1. The normalized spacial score (nSPS) is 12.6. The highest BCUT2D eigenvalue weighted by molar-refractivity contribution is 7.17. The van der Waals surface area contributed by atoms with Crippen molar-refractivity contribution >= 4 is 40.9 Å². The van der Waals surface area contributed by atoms with Crippen LogP contribution in [-0.4, -0.2) is 23.0 Å². The van der Waals surface area contributed by atoms with Gasteiger partial charge in [-0.2, -0.15) is 0 Å². The minimum atomic E-state index is -1.03. The van der Waals surface area contributed by atoms with E-state index < -0.39 is 17.9 Å². The first-order valence-corrected chi connectivity index (χ1v) is 6.19. The van der Waals surface area contributed by atoms with Gasteiger partial charge in [0.2, 0.25) is 5.91 Å². The summed E-state index contributed by atoms with van der Waals surface area (Å²) in [7, 11) is 0. The third kappa shape index (κ3) is 4.58. The topological polar surface area (TPSA) is 66.4 Å². The number of hydrogen-bond donors (Lipinski definition) is 2. The Bertz CT molecular complexity index is 442. The van der Waals surface area contributed by atoms with Crippen molar-refractivity contribution in [1.29, 1.82) is 0 Å². The van der Waals surface area contributed by atoms with Crippen LogP contribution in [0.4, 0.5) is 0 Å². The van der Waals surface area contributed by atoms with Gasteiger partial charge in [-0.05, 0) is 24.6 Å². The number of aliphatic carboxylic acids is 1. The van der Waals surface area contributed by atoms with Gasteiger partial charge in [-0.3, -0.25) is 4.79 Å². The van der Waals surface area contributed by atoms with Gasteiger partial charge in [0.15, 0.2) is 0 Å². The molecule has 1 atom stereocenters. The first-order chi connectivity index (χ1) is 8.02. The number of thiophene rings is 1. The van der Waals surface area contributed by atoms with E-state index in [9.17, 15) is 9.59 Å². The van der Waals surface area contributed by atoms with Crippen molar-refractivity contribution in [1.82, 2.24) is 5.32 Å². The number of amides is 1. The average molecular weight is 274 g/mol. The molecule has 0 aliphatic heterocycles. The van der Waals surface area contributed by atoms with Gasteiger partial charge in [-0.15, -0.1) is 11.3 Å². The maximum atomic E-state index is 11.4. The summed E-state index contributed by atoms with van der Waals surface area (Å²) >= 11 is 7.07. The molecular formula is C11H12ClNO3S. The number of carboxylic acid groups (broad SMARTS) is 1. The second kappa shape index (κ2) is 6.42. The summed E-state index contributed by atoms with van der Waals surface area (Å²) in [6.45, 7) is 1.70. The molecule has 1 unspecified atom stereocenters. The average Bonchev–Trinajstić information content (AvgIpc) is 2.68. The van der Waals surface area contributed by atoms with Crippen molar-refractivity contribution < 1.29 is 14.7 Å². The van der Waals surface area contributed by atoms with Crippen LogP contribution in [-0.2, 0) is 9.59 Å². The molecule has 2 N–H and O–H groups in total. The second-order valence-electron chi connectivity index (χ2n) is 3.28. The Balaban J connectivity index is 2.54. The van der Waals surface area contributed by atoms with Crippen LogP contribution >= 0.6 is 22.9 Å². The fraction of sp³-hybridized carbons (Fsp3) is 0.273. The molecule has 0 saturated carbocycles. The Morgan fingerprint density at radius 3 is 2.76 bits per heavy atom. The van der Waals surface area contributed by atoms with Gasteiger partial charge in [-0.1, -0.05) is 18.5 Å². The van der Waals surface area contributed by atoms with E-state index in [4.69, 9.17) is 16.7 Å². The standard InChI is InChI=1S/C11H12ClNO3S/c1-2-8(11(15)16)13-10(14)6-4-7-3-5-9(12)17-7/h3-6,8H,2H2,1H3,(H,13,14)(H,15,16)/b6-4+. The molecule has 4 nitrogen and oxygen atoms in total. The summed E-state index contributed by atoms with van der Waals surface area (Å²) in [6, 6.07) is 2.67. The van der Waals surface area contributed by atoms with Gasteiger partial charge in [0.1, 0.15) is 6.04 Å². The predicted molar refractivity (Wildman–Crippen MR) is 68.2 cm³/mol. The summed E-state index contributed by atoms with van der Waals surface area (Å²) in [4.78, 5) is 22.9. The summed E-state index contributed by atoms with van der Waals surface area (Å²) in [5.41, 5.74) is 0. The molecule has 6 heteroatoms. The Morgan fingerprint density at radius 2 is 2.29 bits per heavy atom.